The third kappa shape index (κ3) is 7.19. The number of carbonyl (C=O) groups is 2. The molecule has 186 valence electrons. The third-order valence-corrected chi connectivity index (χ3v) is 7.46. The van der Waals surface area contributed by atoms with Crippen molar-refractivity contribution in [3.05, 3.63) is 85.8 Å². The zero-order valence-corrected chi connectivity index (χ0v) is 22.2. The van der Waals surface area contributed by atoms with Crippen LogP contribution >= 0.6 is 34.5 Å². The standard InChI is InChI=1S/C26H28Cl2FN3O2S/c1-4-18(3)32(26(34)30-25-21(27)6-5-7-22(25)28)16-24(33)31(15-23-17(2)12-13-35-23)14-19-8-10-20(29)11-9-19/h5-13,18H,4,14-16H2,1-3H3,(H,30,34). The van der Waals surface area contributed by atoms with Crippen molar-refractivity contribution in [3.63, 3.8) is 0 Å². The summed E-state index contributed by atoms with van der Waals surface area (Å²) >= 11 is 14.0. The highest BCUT2D eigenvalue weighted by Gasteiger charge is 2.26. The van der Waals surface area contributed by atoms with Gasteiger partial charge in [-0.05, 0) is 67.1 Å². The zero-order valence-electron chi connectivity index (χ0n) is 19.9. The van der Waals surface area contributed by atoms with Crippen molar-refractivity contribution in [1.29, 1.82) is 0 Å². The van der Waals surface area contributed by atoms with Gasteiger partial charge in [0.05, 0.1) is 22.3 Å². The average molecular weight is 537 g/mol. The lowest BCUT2D eigenvalue weighted by Crippen LogP contribution is -2.48. The summed E-state index contributed by atoms with van der Waals surface area (Å²) in [7, 11) is 0. The summed E-state index contributed by atoms with van der Waals surface area (Å²) in [5, 5.41) is 5.37. The van der Waals surface area contributed by atoms with Gasteiger partial charge in [-0.1, -0.05) is 48.3 Å². The van der Waals surface area contributed by atoms with Crippen LogP contribution in [0, 0.1) is 12.7 Å². The number of nitrogens with zero attached hydrogens (tertiary/aromatic N) is 2. The molecule has 35 heavy (non-hydrogen) atoms. The second kappa shape index (κ2) is 12.4. The van der Waals surface area contributed by atoms with Crippen LogP contribution in [0.1, 0.15) is 36.3 Å². The van der Waals surface area contributed by atoms with Gasteiger partial charge in [-0.3, -0.25) is 4.79 Å². The molecule has 0 spiro atoms. The molecule has 3 aromatic rings. The number of amides is 3. The number of thiophene rings is 1. The van der Waals surface area contributed by atoms with Gasteiger partial charge in [0.15, 0.2) is 0 Å². The number of hydrogen-bond acceptors (Lipinski definition) is 3. The molecule has 0 saturated carbocycles. The zero-order chi connectivity index (χ0) is 25.5. The van der Waals surface area contributed by atoms with Crippen molar-refractivity contribution < 1.29 is 14.0 Å². The number of urea groups is 1. The Morgan fingerprint density at radius 1 is 1.06 bits per heavy atom. The minimum atomic E-state index is -0.461. The van der Waals surface area contributed by atoms with E-state index in [-0.39, 0.29) is 24.3 Å². The molecule has 1 N–H and O–H groups in total. The summed E-state index contributed by atoms with van der Waals surface area (Å²) in [5.41, 5.74) is 2.20. The number of hydrogen-bond donors (Lipinski definition) is 1. The molecule has 9 heteroatoms. The van der Waals surface area contributed by atoms with Gasteiger partial charge in [0.2, 0.25) is 5.91 Å². The quantitative estimate of drug-likeness (QED) is 0.311. The van der Waals surface area contributed by atoms with E-state index in [0.29, 0.717) is 35.2 Å². The van der Waals surface area contributed by atoms with Crippen LogP contribution in [0.5, 0.6) is 0 Å². The summed E-state index contributed by atoms with van der Waals surface area (Å²) in [6.45, 7) is 6.39. The van der Waals surface area contributed by atoms with Crippen molar-refractivity contribution >= 4 is 52.2 Å². The molecule has 0 fully saturated rings. The first-order valence-corrected chi connectivity index (χ1v) is 12.9. The highest BCUT2D eigenvalue weighted by atomic mass is 35.5. The molecular formula is C26H28Cl2FN3O2S. The maximum Gasteiger partial charge on any atom is 0.322 e. The van der Waals surface area contributed by atoms with E-state index in [0.717, 1.165) is 16.0 Å². The lowest BCUT2D eigenvalue weighted by atomic mass is 10.2. The van der Waals surface area contributed by atoms with Gasteiger partial charge < -0.3 is 15.1 Å². The molecule has 5 nitrogen and oxygen atoms in total. The lowest BCUT2D eigenvalue weighted by molar-refractivity contribution is -0.133. The van der Waals surface area contributed by atoms with Crippen LogP contribution in [0.25, 0.3) is 0 Å². The number of para-hydroxylation sites is 1. The molecule has 1 aromatic heterocycles. The number of rotatable bonds is 9. The minimum Gasteiger partial charge on any atom is -0.332 e. The number of carbonyl (C=O) groups excluding carboxylic acids is 2. The molecule has 3 rings (SSSR count). The fraction of sp³-hybridized carbons (Fsp3) is 0.308. The van der Waals surface area contributed by atoms with Crippen molar-refractivity contribution in [2.24, 2.45) is 0 Å². The topological polar surface area (TPSA) is 52.7 Å². The molecule has 1 heterocycles. The normalized spacial score (nSPS) is 11.7. The smallest absolute Gasteiger partial charge is 0.322 e. The van der Waals surface area contributed by atoms with Crippen LogP contribution in [-0.4, -0.2) is 34.3 Å². The van der Waals surface area contributed by atoms with Crippen LogP contribution in [0.15, 0.2) is 53.9 Å². The summed E-state index contributed by atoms with van der Waals surface area (Å²) in [6.07, 6.45) is 0.652. The largest absolute Gasteiger partial charge is 0.332 e. The van der Waals surface area contributed by atoms with E-state index in [1.54, 1.807) is 46.6 Å². The minimum absolute atomic E-state index is 0.130. The van der Waals surface area contributed by atoms with Gasteiger partial charge in [0.25, 0.3) is 0 Å². The van der Waals surface area contributed by atoms with E-state index in [1.165, 1.54) is 17.0 Å². The fourth-order valence-electron chi connectivity index (χ4n) is 3.47. The van der Waals surface area contributed by atoms with Crippen molar-refractivity contribution in [2.75, 3.05) is 11.9 Å². The molecule has 0 aliphatic rings. The van der Waals surface area contributed by atoms with Crippen LogP contribution < -0.4 is 5.32 Å². The Labute approximate surface area is 219 Å². The van der Waals surface area contributed by atoms with Gasteiger partial charge in [-0.15, -0.1) is 11.3 Å². The first-order valence-electron chi connectivity index (χ1n) is 11.3. The molecular weight excluding hydrogens is 508 g/mol. The average Bonchev–Trinajstić information content (AvgIpc) is 3.24. The van der Waals surface area contributed by atoms with E-state index in [1.807, 2.05) is 32.2 Å². The molecule has 0 bridgehead atoms. The Balaban J connectivity index is 1.83. The Morgan fingerprint density at radius 2 is 1.71 bits per heavy atom. The maximum atomic E-state index is 13.6. The predicted molar refractivity (Wildman–Crippen MR) is 142 cm³/mol. The number of aryl methyl sites for hydroxylation is 1. The van der Waals surface area contributed by atoms with E-state index in [9.17, 15) is 14.0 Å². The van der Waals surface area contributed by atoms with Crippen LogP contribution in [0.3, 0.4) is 0 Å². The number of nitrogens with one attached hydrogen (secondary N) is 1. The number of benzene rings is 2. The van der Waals surface area contributed by atoms with Crippen LogP contribution in [-0.2, 0) is 17.9 Å². The summed E-state index contributed by atoms with van der Waals surface area (Å²) in [5.74, 6) is -0.554. The van der Waals surface area contributed by atoms with Gasteiger partial charge in [0.1, 0.15) is 12.4 Å². The van der Waals surface area contributed by atoms with Crippen LogP contribution in [0.4, 0.5) is 14.9 Å². The van der Waals surface area contributed by atoms with E-state index in [2.05, 4.69) is 5.32 Å². The highest BCUT2D eigenvalue weighted by Crippen LogP contribution is 2.30. The van der Waals surface area contributed by atoms with Crippen molar-refractivity contribution in [1.82, 2.24) is 9.80 Å². The maximum absolute atomic E-state index is 13.6. The third-order valence-electron chi connectivity index (χ3n) is 5.83. The van der Waals surface area contributed by atoms with E-state index >= 15 is 0 Å². The Hall–Kier alpha value is -2.61. The summed E-state index contributed by atoms with van der Waals surface area (Å²) < 4.78 is 13.4. The predicted octanol–water partition coefficient (Wildman–Crippen LogP) is 7.36. The van der Waals surface area contributed by atoms with E-state index < -0.39 is 6.03 Å². The first-order chi connectivity index (χ1) is 16.7. The Bertz CT molecular complexity index is 1150. The number of halogens is 3. The van der Waals surface area contributed by atoms with E-state index in [4.69, 9.17) is 23.2 Å². The summed E-state index contributed by atoms with van der Waals surface area (Å²) in [6, 6.07) is 12.4. The fourth-order valence-corrected chi connectivity index (χ4v) is 4.88. The Kier molecular flexibility index (Phi) is 9.55. The van der Waals surface area contributed by atoms with Gasteiger partial charge in [-0.2, -0.15) is 0 Å². The Morgan fingerprint density at radius 3 is 2.29 bits per heavy atom. The van der Waals surface area contributed by atoms with Gasteiger partial charge in [-0.25, -0.2) is 9.18 Å². The second-order valence-corrected chi connectivity index (χ2v) is 10.1. The summed E-state index contributed by atoms with van der Waals surface area (Å²) in [4.78, 5) is 31.0. The van der Waals surface area contributed by atoms with Gasteiger partial charge in [0, 0.05) is 17.5 Å². The molecule has 0 aliphatic carbocycles. The van der Waals surface area contributed by atoms with Crippen LogP contribution in [0.2, 0.25) is 10.0 Å². The number of anilines is 1. The molecule has 1 unspecified atom stereocenters. The van der Waals surface area contributed by atoms with Crippen molar-refractivity contribution in [3.8, 4) is 0 Å². The van der Waals surface area contributed by atoms with Gasteiger partial charge >= 0.3 is 6.03 Å². The molecule has 2 aromatic carbocycles. The molecule has 3 amide bonds. The first kappa shape index (κ1) is 27.0. The molecule has 1 atom stereocenters. The molecule has 0 saturated heterocycles. The SMILES string of the molecule is CCC(C)N(CC(=O)N(Cc1ccc(F)cc1)Cc1sccc1C)C(=O)Nc1c(Cl)cccc1Cl. The molecule has 0 aliphatic heterocycles. The second-order valence-electron chi connectivity index (χ2n) is 8.32. The molecule has 0 radical (unpaired) electrons. The van der Waals surface area contributed by atoms with Crippen molar-refractivity contribution in [2.45, 2.75) is 46.3 Å². The highest BCUT2D eigenvalue weighted by molar-refractivity contribution is 7.10. The monoisotopic (exact) mass is 535 g/mol. The lowest BCUT2D eigenvalue weighted by Gasteiger charge is -2.31.